The molecule has 0 aliphatic rings. The highest BCUT2D eigenvalue weighted by Gasteiger charge is 2.05. The molecule has 0 aromatic heterocycles. The molecule has 1 N–H and O–H groups in total. The summed E-state index contributed by atoms with van der Waals surface area (Å²) in [6, 6.07) is 0.355. The Morgan fingerprint density at radius 2 is 2.23 bits per heavy atom. The van der Waals surface area contributed by atoms with Gasteiger partial charge in [-0.15, -0.1) is 0 Å². The van der Waals surface area contributed by atoms with Crippen molar-refractivity contribution >= 4 is 10.8 Å². The van der Waals surface area contributed by atoms with Gasteiger partial charge < -0.3 is 10.1 Å². The van der Waals surface area contributed by atoms with E-state index in [0.717, 1.165) is 24.5 Å². The largest absolute Gasteiger partial charge is 0.385 e. The quantitative estimate of drug-likeness (QED) is 0.598. The molecule has 0 spiro atoms. The average molecular weight is 207 g/mol. The predicted octanol–water partition coefficient (Wildman–Crippen LogP) is 0.770. The second-order valence-corrected chi connectivity index (χ2v) is 4.74. The molecule has 0 amide bonds. The summed E-state index contributed by atoms with van der Waals surface area (Å²) in [6.45, 7) is 5.78. The fourth-order valence-corrected chi connectivity index (χ4v) is 2.42. The maximum absolute atomic E-state index is 11.4. The molecule has 0 saturated carbocycles. The van der Waals surface area contributed by atoms with Gasteiger partial charge in [-0.3, -0.25) is 4.21 Å². The zero-order valence-electron chi connectivity index (χ0n) is 8.84. The van der Waals surface area contributed by atoms with Gasteiger partial charge in [-0.2, -0.15) is 0 Å². The van der Waals surface area contributed by atoms with Gasteiger partial charge in [0.1, 0.15) is 0 Å². The van der Waals surface area contributed by atoms with E-state index in [1.54, 1.807) is 7.11 Å². The van der Waals surface area contributed by atoms with E-state index < -0.39 is 10.8 Å². The smallest absolute Gasteiger partial charge is 0.0471 e. The zero-order chi connectivity index (χ0) is 10.1. The second-order valence-electron chi connectivity index (χ2n) is 3.12. The molecule has 0 aliphatic heterocycles. The first-order valence-electron chi connectivity index (χ1n) is 4.78. The van der Waals surface area contributed by atoms with Crippen molar-refractivity contribution < 1.29 is 8.95 Å². The van der Waals surface area contributed by atoms with Crippen LogP contribution in [0, 0.1) is 0 Å². The lowest BCUT2D eigenvalue weighted by atomic mass is 10.4. The van der Waals surface area contributed by atoms with Crippen molar-refractivity contribution in [2.24, 2.45) is 0 Å². The molecule has 0 rings (SSSR count). The third-order valence-corrected chi connectivity index (χ3v) is 3.32. The molecule has 0 heterocycles. The molecule has 0 fully saturated rings. The number of hydrogen-bond donors (Lipinski definition) is 1. The van der Waals surface area contributed by atoms with Crippen LogP contribution >= 0.6 is 0 Å². The Hall–Kier alpha value is 0.0700. The van der Waals surface area contributed by atoms with Crippen molar-refractivity contribution in [2.45, 2.75) is 26.3 Å². The van der Waals surface area contributed by atoms with Crippen LogP contribution in [-0.4, -0.2) is 42.0 Å². The van der Waals surface area contributed by atoms with Gasteiger partial charge in [-0.05, 0) is 19.9 Å². The van der Waals surface area contributed by atoms with E-state index in [1.165, 1.54) is 0 Å². The molecule has 13 heavy (non-hydrogen) atoms. The van der Waals surface area contributed by atoms with Crippen LogP contribution in [0.5, 0.6) is 0 Å². The van der Waals surface area contributed by atoms with Crippen LogP contribution in [0.3, 0.4) is 0 Å². The number of ether oxygens (including phenoxy) is 1. The zero-order valence-corrected chi connectivity index (χ0v) is 9.65. The molecule has 80 valence electrons. The molecule has 4 heteroatoms. The summed E-state index contributed by atoms with van der Waals surface area (Å²) in [6.07, 6.45) is 0.891. The van der Waals surface area contributed by atoms with E-state index >= 15 is 0 Å². The maximum atomic E-state index is 11.4. The monoisotopic (exact) mass is 207 g/mol. The Bertz CT molecular complexity index is 142. The van der Waals surface area contributed by atoms with Gasteiger partial charge in [0.15, 0.2) is 0 Å². The van der Waals surface area contributed by atoms with E-state index in [4.69, 9.17) is 4.74 Å². The normalized spacial score (nSPS) is 15.6. The van der Waals surface area contributed by atoms with Crippen LogP contribution in [0.4, 0.5) is 0 Å². The Morgan fingerprint density at radius 3 is 2.77 bits per heavy atom. The van der Waals surface area contributed by atoms with Gasteiger partial charge in [-0.1, -0.05) is 6.92 Å². The van der Waals surface area contributed by atoms with Gasteiger partial charge in [0.2, 0.25) is 0 Å². The van der Waals surface area contributed by atoms with Gasteiger partial charge in [0.25, 0.3) is 0 Å². The van der Waals surface area contributed by atoms with Gasteiger partial charge >= 0.3 is 0 Å². The number of nitrogens with one attached hydrogen (secondary N) is 1. The Morgan fingerprint density at radius 1 is 1.54 bits per heavy atom. The molecule has 3 nitrogen and oxygen atoms in total. The fraction of sp³-hybridized carbons (Fsp3) is 1.00. The third kappa shape index (κ3) is 8.40. The minimum Gasteiger partial charge on any atom is -0.385 e. The van der Waals surface area contributed by atoms with Crippen molar-refractivity contribution in [3.8, 4) is 0 Å². The van der Waals surface area contributed by atoms with Crippen molar-refractivity contribution in [1.82, 2.24) is 5.32 Å². The molecule has 0 bridgehead atoms. The van der Waals surface area contributed by atoms with Gasteiger partial charge in [-0.25, -0.2) is 0 Å². The van der Waals surface area contributed by atoms with Crippen molar-refractivity contribution in [3.63, 3.8) is 0 Å². The summed E-state index contributed by atoms with van der Waals surface area (Å²) >= 11 is 0. The number of rotatable bonds is 8. The van der Waals surface area contributed by atoms with Crippen LogP contribution in [0.2, 0.25) is 0 Å². The first-order chi connectivity index (χ1) is 6.20. The first-order valence-corrected chi connectivity index (χ1v) is 6.26. The lowest BCUT2D eigenvalue weighted by Gasteiger charge is -2.11. The summed E-state index contributed by atoms with van der Waals surface area (Å²) in [7, 11) is 0.975. The molecule has 0 aromatic rings. The molecule has 2 unspecified atom stereocenters. The summed E-state index contributed by atoms with van der Waals surface area (Å²) in [5.74, 6) is 1.50. The Labute approximate surface area is 83.7 Å². The van der Waals surface area contributed by atoms with Crippen molar-refractivity contribution in [2.75, 3.05) is 31.8 Å². The maximum Gasteiger partial charge on any atom is 0.0471 e. The summed E-state index contributed by atoms with van der Waals surface area (Å²) in [5.41, 5.74) is 0. The highest BCUT2D eigenvalue weighted by molar-refractivity contribution is 7.85. The van der Waals surface area contributed by atoms with E-state index in [2.05, 4.69) is 19.2 Å². The van der Waals surface area contributed by atoms with Crippen LogP contribution in [0.15, 0.2) is 0 Å². The number of hydrogen-bond acceptors (Lipinski definition) is 3. The fourth-order valence-electron chi connectivity index (χ4n) is 1.13. The van der Waals surface area contributed by atoms with E-state index in [1.807, 2.05) is 0 Å². The van der Waals surface area contributed by atoms with Crippen LogP contribution < -0.4 is 5.32 Å². The molecular weight excluding hydrogens is 186 g/mol. The minimum atomic E-state index is -0.696. The van der Waals surface area contributed by atoms with Gasteiger partial charge in [0.05, 0.1) is 0 Å². The second kappa shape index (κ2) is 8.66. The Kier molecular flexibility index (Phi) is 8.71. The lowest BCUT2D eigenvalue weighted by Crippen LogP contribution is -2.31. The van der Waals surface area contributed by atoms with Crippen LogP contribution in [-0.2, 0) is 15.5 Å². The van der Waals surface area contributed by atoms with E-state index in [9.17, 15) is 4.21 Å². The minimum absolute atomic E-state index is 0.355. The van der Waals surface area contributed by atoms with E-state index in [0.29, 0.717) is 12.6 Å². The average Bonchev–Trinajstić information content (AvgIpc) is 2.05. The van der Waals surface area contributed by atoms with Crippen LogP contribution in [0.1, 0.15) is 20.3 Å². The summed E-state index contributed by atoms with van der Waals surface area (Å²) < 4.78 is 16.3. The lowest BCUT2D eigenvalue weighted by molar-refractivity contribution is 0.200. The standard InChI is InChI=1S/C9H21NO2S/c1-4-10-9(2)8-13(11)7-5-6-12-3/h9-10H,4-8H2,1-3H3. The van der Waals surface area contributed by atoms with Gasteiger partial charge in [0, 0.05) is 42.1 Å². The first kappa shape index (κ1) is 13.1. The van der Waals surface area contributed by atoms with Crippen molar-refractivity contribution in [3.05, 3.63) is 0 Å². The molecule has 0 radical (unpaired) electrons. The van der Waals surface area contributed by atoms with Crippen molar-refractivity contribution in [1.29, 1.82) is 0 Å². The highest BCUT2D eigenvalue weighted by atomic mass is 32.2. The summed E-state index contributed by atoms with van der Waals surface area (Å²) in [5, 5.41) is 3.24. The molecule has 2 atom stereocenters. The highest BCUT2D eigenvalue weighted by Crippen LogP contribution is 1.92. The van der Waals surface area contributed by atoms with E-state index in [-0.39, 0.29) is 0 Å². The third-order valence-electron chi connectivity index (χ3n) is 1.71. The number of methoxy groups -OCH3 is 1. The Balaban J connectivity index is 3.38. The van der Waals surface area contributed by atoms with Crippen LogP contribution in [0.25, 0.3) is 0 Å². The molecule has 0 aliphatic carbocycles. The predicted molar refractivity (Wildman–Crippen MR) is 57.5 cm³/mol. The molecule has 0 aromatic carbocycles. The topological polar surface area (TPSA) is 38.3 Å². The summed E-state index contributed by atoms with van der Waals surface area (Å²) in [4.78, 5) is 0. The SMILES string of the molecule is CCNC(C)CS(=O)CCCOC. The molecule has 0 saturated heterocycles. The molecular formula is C9H21NO2S.